The van der Waals surface area contributed by atoms with E-state index in [4.69, 9.17) is 9.47 Å². The highest BCUT2D eigenvalue weighted by molar-refractivity contribution is 5.33. The van der Waals surface area contributed by atoms with Crippen molar-refractivity contribution in [2.24, 2.45) is 5.41 Å². The van der Waals surface area contributed by atoms with Gasteiger partial charge in [-0.15, -0.1) is 0 Å². The minimum atomic E-state index is -0.248. The Morgan fingerprint density at radius 2 is 2.06 bits per heavy atom. The van der Waals surface area contributed by atoms with Crippen molar-refractivity contribution in [3.05, 3.63) is 24.3 Å². The molecule has 1 aliphatic carbocycles. The van der Waals surface area contributed by atoms with Crippen LogP contribution in [0.25, 0.3) is 0 Å². The van der Waals surface area contributed by atoms with E-state index in [2.05, 4.69) is 13.8 Å². The molecule has 0 aliphatic heterocycles. The van der Waals surface area contributed by atoms with Crippen LogP contribution in [0.15, 0.2) is 24.3 Å². The van der Waals surface area contributed by atoms with Gasteiger partial charge in [0.25, 0.3) is 0 Å². The van der Waals surface area contributed by atoms with Crippen molar-refractivity contribution < 1.29 is 14.6 Å². The lowest BCUT2D eigenvalue weighted by molar-refractivity contribution is -0.147. The van der Waals surface area contributed by atoms with Crippen molar-refractivity contribution in [1.29, 1.82) is 0 Å². The van der Waals surface area contributed by atoms with Crippen LogP contribution in [0.2, 0.25) is 0 Å². The summed E-state index contributed by atoms with van der Waals surface area (Å²) in [5, 5.41) is 9.85. The molecule has 1 fully saturated rings. The molecular formula is C15H22O3. The van der Waals surface area contributed by atoms with Gasteiger partial charge >= 0.3 is 0 Å². The Morgan fingerprint density at radius 3 is 2.67 bits per heavy atom. The molecular weight excluding hydrogens is 228 g/mol. The molecule has 3 unspecified atom stereocenters. The standard InChI is InChI=1S/C15H22O3/c1-4-15(3)13(16)10-14(15)18-12-8-6-7-11(9-12)17-5-2/h6-9,13-14,16H,4-5,10H2,1-3H3. The van der Waals surface area contributed by atoms with E-state index in [9.17, 15) is 5.11 Å². The molecule has 1 aliphatic rings. The lowest BCUT2D eigenvalue weighted by Gasteiger charge is -2.50. The molecule has 0 spiro atoms. The van der Waals surface area contributed by atoms with Gasteiger partial charge in [0.2, 0.25) is 0 Å². The number of aliphatic hydroxyl groups excluding tert-OH is 1. The summed E-state index contributed by atoms with van der Waals surface area (Å²) in [5.41, 5.74) is -0.123. The minimum Gasteiger partial charge on any atom is -0.494 e. The fraction of sp³-hybridized carbons (Fsp3) is 0.600. The first-order valence-corrected chi connectivity index (χ1v) is 6.67. The highest BCUT2D eigenvalue weighted by atomic mass is 16.5. The molecule has 0 saturated heterocycles. The highest BCUT2D eigenvalue weighted by Crippen LogP contribution is 2.46. The normalized spacial score (nSPS) is 30.7. The van der Waals surface area contributed by atoms with E-state index in [0.717, 1.165) is 17.9 Å². The molecule has 0 bridgehead atoms. The van der Waals surface area contributed by atoms with Crippen molar-refractivity contribution >= 4 is 0 Å². The van der Waals surface area contributed by atoms with Gasteiger partial charge in [-0.1, -0.05) is 19.9 Å². The monoisotopic (exact) mass is 250 g/mol. The fourth-order valence-electron chi connectivity index (χ4n) is 2.41. The molecule has 18 heavy (non-hydrogen) atoms. The average molecular weight is 250 g/mol. The zero-order valence-corrected chi connectivity index (χ0v) is 11.3. The Kier molecular flexibility index (Phi) is 3.81. The van der Waals surface area contributed by atoms with E-state index >= 15 is 0 Å². The predicted octanol–water partition coefficient (Wildman–Crippen LogP) is 3.01. The maximum atomic E-state index is 9.85. The van der Waals surface area contributed by atoms with E-state index in [1.54, 1.807) is 0 Å². The molecule has 1 aromatic carbocycles. The van der Waals surface area contributed by atoms with Gasteiger partial charge in [-0.05, 0) is 25.5 Å². The van der Waals surface area contributed by atoms with Gasteiger partial charge in [0, 0.05) is 17.9 Å². The molecule has 0 radical (unpaired) electrons. The number of rotatable bonds is 5. The van der Waals surface area contributed by atoms with Crippen LogP contribution >= 0.6 is 0 Å². The summed E-state index contributed by atoms with van der Waals surface area (Å²) < 4.78 is 11.4. The van der Waals surface area contributed by atoms with Crippen LogP contribution in [-0.4, -0.2) is 23.9 Å². The molecule has 2 rings (SSSR count). The van der Waals surface area contributed by atoms with E-state index < -0.39 is 0 Å². The SMILES string of the molecule is CCOc1cccc(OC2CC(O)C2(C)CC)c1. The largest absolute Gasteiger partial charge is 0.494 e. The van der Waals surface area contributed by atoms with Crippen LogP contribution < -0.4 is 9.47 Å². The van der Waals surface area contributed by atoms with Gasteiger partial charge in [-0.2, -0.15) is 0 Å². The van der Waals surface area contributed by atoms with Crippen LogP contribution in [0.3, 0.4) is 0 Å². The molecule has 3 atom stereocenters. The van der Waals surface area contributed by atoms with Gasteiger partial charge < -0.3 is 14.6 Å². The number of ether oxygens (including phenoxy) is 2. The van der Waals surface area contributed by atoms with Gasteiger partial charge in [-0.3, -0.25) is 0 Å². The molecule has 3 nitrogen and oxygen atoms in total. The van der Waals surface area contributed by atoms with E-state index in [1.165, 1.54) is 0 Å². The molecule has 1 saturated carbocycles. The second-order valence-corrected chi connectivity index (χ2v) is 5.13. The van der Waals surface area contributed by atoms with Gasteiger partial charge in [0.15, 0.2) is 0 Å². The van der Waals surface area contributed by atoms with Crippen LogP contribution in [0.5, 0.6) is 11.5 Å². The Labute approximate surface area is 109 Å². The molecule has 0 aromatic heterocycles. The smallest absolute Gasteiger partial charge is 0.123 e. The molecule has 100 valence electrons. The maximum Gasteiger partial charge on any atom is 0.123 e. The Balaban J connectivity index is 2.04. The summed E-state index contributed by atoms with van der Waals surface area (Å²) in [6.45, 7) is 6.79. The molecule has 0 amide bonds. The third kappa shape index (κ3) is 2.32. The van der Waals surface area contributed by atoms with Crippen LogP contribution in [0.4, 0.5) is 0 Å². The van der Waals surface area contributed by atoms with Gasteiger partial charge in [-0.25, -0.2) is 0 Å². The van der Waals surface area contributed by atoms with Crippen molar-refractivity contribution in [3.63, 3.8) is 0 Å². The second-order valence-electron chi connectivity index (χ2n) is 5.13. The highest BCUT2D eigenvalue weighted by Gasteiger charge is 2.51. The summed E-state index contributed by atoms with van der Waals surface area (Å²) in [4.78, 5) is 0. The van der Waals surface area contributed by atoms with E-state index in [-0.39, 0.29) is 17.6 Å². The number of hydrogen-bond donors (Lipinski definition) is 1. The lowest BCUT2D eigenvalue weighted by atomic mass is 9.63. The fourth-order valence-corrected chi connectivity index (χ4v) is 2.41. The number of benzene rings is 1. The Morgan fingerprint density at radius 1 is 1.33 bits per heavy atom. The number of aliphatic hydroxyl groups is 1. The summed E-state index contributed by atoms with van der Waals surface area (Å²) in [7, 11) is 0. The zero-order chi connectivity index (χ0) is 13.2. The van der Waals surface area contributed by atoms with Gasteiger partial charge in [0.1, 0.15) is 17.6 Å². The lowest BCUT2D eigenvalue weighted by Crippen LogP contribution is -2.57. The average Bonchev–Trinajstić information content (AvgIpc) is 2.38. The Bertz CT molecular complexity index is 404. The Hall–Kier alpha value is -1.22. The van der Waals surface area contributed by atoms with Crippen molar-refractivity contribution in [2.45, 2.75) is 45.8 Å². The first-order valence-electron chi connectivity index (χ1n) is 6.67. The van der Waals surface area contributed by atoms with Crippen LogP contribution in [0.1, 0.15) is 33.6 Å². The third-order valence-electron chi connectivity index (χ3n) is 4.09. The van der Waals surface area contributed by atoms with Crippen LogP contribution in [-0.2, 0) is 0 Å². The third-order valence-corrected chi connectivity index (χ3v) is 4.09. The topological polar surface area (TPSA) is 38.7 Å². The van der Waals surface area contributed by atoms with E-state index in [0.29, 0.717) is 13.0 Å². The van der Waals surface area contributed by atoms with Crippen molar-refractivity contribution in [3.8, 4) is 11.5 Å². The quantitative estimate of drug-likeness (QED) is 0.873. The van der Waals surface area contributed by atoms with Crippen molar-refractivity contribution in [1.82, 2.24) is 0 Å². The predicted molar refractivity (Wildman–Crippen MR) is 71.0 cm³/mol. The van der Waals surface area contributed by atoms with Gasteiger partial charge in [0.05, 0.1) is 12.7 Å². The molecule has 1 aromatic rings. The first kappa shape index (κ1) is 13.2. The number of hydrogen-bond acceptors (Lipinski definition) is 3. The maximum absolute atomic E-state index is 9.85. The second kappa shape index (κ2) is 5.19. The molecule has 3 heteroatoms. The van der Waals surface area contributed by atoms with Crippen molar-refractivity contribution in [2.75, 3.05) is 6.61 Å². The zero-order valence-electron chi connectivity index (χ0n) is 11.3. The summed E-state index contributed by atoms with van der Waals surface area (Å²) in [5.74, 6) is 1.64. The molecule has 0 heterocycles. The minimum absolute atomic E-state index is 0.0920. The molecule has 1 N–H and O–H groups in total. The van der Waals surface area contributed by atoms with Crippen LogP contribution in [0, 0.1) is 5.41 Å². The van der Waals surface area contributed by atoms with E-state index in [1.807, 2.05) is 31.2 Å². The first-order chi connectivity index (χ1) is 8.60. The summed E-state index contributed by atoms with van der Waals surface area (Å²) >= 11 is 0. The summed E-state index contributed by atoms with van der Waals surface area (Å²) in [6, 6.07) is 7.69. The summed E-state index contributed by atoms with van der Waals surface area (Å²) in [6.07, 6.45) is 1.48.